The van der Waals surface area contributed by atoms with Crippen molar-refractivity contribution in [1.82, 2.24) is 4.98 Å². The monoisotopic (exact) mass is 260 g/mol. The van der Waals surface area contributed by atoms with Gasteiger partial charge in [0.2, 0.25) is 0 Å². The Labute approximate surface area is 108 Å². The second-order valence-corrected chi connectivity index (χ2v) is 4.28. The number of carbonyl (C=O) groups is 1. The number of hydrogen-bond acceptors (Lipinski definition) is 2. The highest BCUT2D eigenvalue weighted by Gasteiger charge is 2.11. The van der Waals surface area contributed by atoms with Crippen LogP contribution in [-0.2, 0) is 0 Å². The second-order valence-electron chi connectivity index (χ2n) is 3.84. The number of hydrogen-bond donors (Lipinski definition) is 2. The fourth-order valence-electron chi connectivity index (χ4n) is 1.70. The summed E-state index contributed by atoms with van der Waals surface area (Å²) in [7, 11) is 0. The minimum atomic E-state index is -0.219. The summed E-state index contributed by atoms with van der Waals surface area (Å²) >= 11 is 5.77. The Balaban J connectivity index is 1.82. The number of benzene rings is 1. The Morgan fingerprint density at radius 3 is 2.72 bits per heavy atom. The van der Waals surface area contributed by atoms with Gasteiger partial charge in [0.15, 0.2) is 5.58 Å². The van der Waals surface area contributed by atoms with Gasteiger partial charge in [-0.05, 0) is 24.3 Å². The number of anilines is 1. The fraction of sp³-hybridized carbons (Fsp3) is 0. The lowest BCUT2D eigenvalue weighted by Gasteiger charge is -2.03. The minimum Gasteiger partial charge on any atom is -0.463 e. The third-order valence-corrected chi connectivity index (χ3v) is 2.84. The molecule has 0 aliphatic heterocycles. The van der Waals surface area contributed by atoms with Crippen LogP contribution in [0.3, 0.4) is 0 Å². The molecule has 1 amide bonds. The Morgan fingerprint density at radius 1 is 1.22 bits per heavy atom. The van der Waals surface area contributed by atoms with E-state index in [1.807, 2.05) is 0 Å². The maximum Gasteiger partial charge on any atom is 0.272 e. The molecule has 0 aliphatic carbocycles. The zero-order chi connectivity index (χ0) is 12.5. The number of fused-ring (bicyclic) bond motifs is 1. The average Bonchev–Trinajstić information content (AvgIpc) is 2.92. The molecule has 2 heterocycles. The summed E-state index contributed by atoms with van der Waals surface area (Å²) in [6.45, 7) is 0. The molecule has 1 aromatic carbocycles. The molecule has 5 heteroatoms. The maximum atomic E-state index is 11.9. The predicted molar refractivity (Wildman–Crippen MR) is 70.0 cm³/mol. The van der Waals surface area contributed by atoms with E-state index in [1.54, 1.807) is 42.7 Å². The summed E-state index contributed by atoms with van der Waals surface area (Å²) in [5.41, 5.74) is 2.61. The van der Waals surface area contributed by atoms with E-state index in [9.17, 15) is 4.79 Å². The topological polar surface area (TPSA) is 58.0 Å². The van der Waals surface area contributed by atoms with Crippen molar-refractivity contribution in [2.45, 2.75) is 0 Å². The fourth-order valence-corrected chi connectivity index (χ4v) is 1.83. The predicted octanol–water partition coefficient (Wildman–Crippen LogP) is 3.67. The summed E-state index contributed by atoms with van der Waals surface area (Å²) in [4.78, 5) is 14.9. The summed E-state index contributed by atoms with van der Waals surface area (Å²) in [6, 6.07) is 10.4. The molecule has 90 valence electrons. The molecule has 3 aromatic rings. The molecule has 0 radical (unpaired) electrons. The van der Waals surface area contributed by atoms with E-state index in [1.165, 1.54) is 0 Å². The van der Waals surface area contributed by atoms with Crippen molar-refractivity contribution in [1.29, 1.82) is 0 Å². The van der Waals surface area contributed by atoms with Crippen molar-refractivity contribution in [2.24, 2.45) is 0 Å². The summed E-state index contributed by atoms with van der Waals surface area (Å²) in [5.74, 6) is -0.219. The SMILES string of the molecule is O=C(Nc1ccc(Cl)cc1)c1cc2occc2[nH]1. The number of aromatic nitrogens is 1. The van der Waals surface area contributed by atoms with Gasteiger partial charge in [0.05, 0.1) is 11.8 Å². The van der Waals surface area contributed by atoms with Gasteiger partial charge in [-0.15, -0.1) is 0 Å². The number of rotatable bonds is 2. The van der Waals surface area contributed by atoms with Crippen LogP contribution >= 0.6 is 11.6 Å². The van der Waals surface area contributed by atoms with E-state index in [0.717, 1.165) is 5.52 Å². The van der Waals surface area contributed by atoms with Crippen LogP contribution in [0.15, 0.2) is 47.1 Å². The second kappa shape index (κ2) is 4.23. The Hall–Kier alpha value is -2.20. The van der Waals surface area contributed by atoms with E-state index in [2.05, 4.69) is 10.3 Å². The Morgan fingerprint density at radius 2 is 2.00 bits per heavy atom. The third kappa shape index (κ3) is 1.98. The number of halogens is 1. The normalized spacial score (nSPS) is 10.7. The quantitative estimate of drug-likeness (QED) is 0.739. The van der Waals surface area contributed by atoms with Crippen molar-refractivity contribution in [2.75, 3.05) is 5.32 Å². The largest absolute Gasteiger partial charge is 0.463 e. The lowest BCUT2D eigenvalue weighted by molar-refractivity contribution is 0.102. The van der Waals surface area contributed by atoms with Crippen LogP contribution in [0.1, 0.15) is 10.5 Å². The summed E-state index contributed by atoms with van der Waals surface area (Å²) in [5, 5.41) is 3.40. The highest BCUT2D eigenvalue weighted by molar-refractivity contribution is 6.30. The van der Waals surface area contributed by atoms with Gasteiger partial charge in [-0.2, -0.15) is 0 Å². The van der Waals surface area contributed by atoms with E-state index >= 15 is 0 Å². The number of H-pyrrole nitrogens is 1. The molecule has 0 saturated heterocycles. The lowest BCUT2D eigenvalue weighted by Crippen LogP contribution is -2.11. The molecule has 0 atom stereocenters. The van der Waals surface area contributed by atoms with Gasteiger partial charge in [0.1, 0.15) is 5.69 Å². The first-order valence-corrected chi connectivity index (χ1v) is 5.73. The number of aromatic amines is 1. The molecule has 0 aliphatic rings. The molecule has 2 N–H and O–H groups in total. The zero-order valence-corrected chi connectivity index (χ0v) is 9.99. The highest BCUT2D eigenvalue weighted by Crippen LogP contribution is 2.18. The van der Waals surface area contributed by atoms with Crippen LogP contribution in [0.25, 0.3) is 11.1 Å². The Bertz CT molecular complexity index is 669. The molecule has 0 unspecified atom stereocenters. The molecular formula is C13H9ClN2O2. The van der Waals surface area contributed by atoms with E-state index < -0.39 is 0 Å². The van der Waals surface area contributed by atoms with E-state index in [-0.39, 0.29) is 5.91 Å². The van der Waals surface area contributed by atoms with Gasteiger partial charge in [-0.1, -0.05) is 11.6 Å². The third-order valence-electron chi connectivity index (χ3n) is 2.59. The zero-order valence-electron chi connectivity index (χ0n) is 9.24. The van der Waals surface area contributed by atoms with Crippen LogP contribution in [0.5, 0.6) is 0 Å². The maximum absolute atomic E-state index is 11.9. The van der Waals surface area contributed by atoms with Crippen LogP contribution in [-0.4, -0.2) is 10.9 Å². The molecular weight excluding hydrogens is 252 g/mol. The van der Waals surface area contributed by atoms with Gasteiger partial charge >= 0.3 is 0 Å². The van der Waals surface area contributed by atoms with Gasteiger partial charge in [-0.3, -0.25) is 4.79 Å². The number of amides is 1. The molecule has 18 heavy (non-hydrogen) atoms. The van der Waals surface area contributed by atoms with Crippen molar-refractivity contribution < 1.29 is 9.21 Å². The molecule has 2 aromatic heterocycles. The Kier molecular flexibility index (Phi) is 2.57. The molecule has 4 nitrogen and oxygen atoms in total. The molecule has 0 fully saturated rings. The van der Waals surface area contributed by atoms with Gasteiger partial charge < -0.3 is 14.7 Å². The molecule has 3 rings (SSSR count). The smallest absolute Gasteiger partial charge is 0.272 e. The average molecular weight is 261 g/mol. The van der Waals surface area contributed by atoms with Gasteiger partial charge in [0.25, 0.3) is 5.91 Å². The summed E-state index contributed by atoms with van der Waals surface area (Å²) < 4.78 is 5.19. The van der Waals surface area contributed by atoms with Crippen molar-refractivity contribution in [3.05, 3.63) is 53.4 Å². The van der Waals surface area contributed by atoms with E-state index in [0.29, 0.717) is 22.0 Å². The number of carbonyl (C=O) groups excluding carboxylic acids is 1. The van der Waals surface area contributed by atoms with Crippen LogP contribution in [0.4, 0.5) is 5.69 Å². The molecule has 0 spiro atoms. The lowest BCUT2D eigenvalue weighted by atomic mass is 10.3. The summed E-state index contributed by atoms with van der Waals surface area (Å²) in [6.07, 6.45) is 1.57. The minimum absolute atomic E-state index is 0.219. The van der Waals surface area contributed by atoms with Crippen LogP contribution in [0.2, 0.25) is 5.02 Å². The molecule has 0 saturated carbocycles. The van der Waals surface area contributed by atoms with Crippen molar-refractivity contribution >= 4 is 34.3 Å². The van der Waals surface area contributed by atoms with Crippen molar-refractivity contribution in [3.8, 4) is 0 Å². The van der Waals surface area contributed by atoms with Crippen LogP contribution in [0, 0.1) is 0 Å². The number of furan rings is 1. The van der Waals surface area contributed by atoms with Gasteiger partial charge in [-0.25, -0.2) is 0 Å². The van der Waals surface area contributed by atoms with Crippen LogP contribution < -0.4 is 5.32 Å². The van der Waals surface area contributed by atoms with Gasteiger partial charge in [0, 0.05) is 22.8 Å². The highest BCUT2D eigenvalue weighted by atomic mass is 35.5. The van der Waals surface area contributed by atoms with Crippen molar-refractivity contribution in [3.63, 3.8) is 0 Å². The standard InChI is InChI=1S/C13H9ClN2O2/c14-8-1-3-9(4-2-8)15-13(17)11-7-12-10(16-11)5-6-18-12/h1-7,16H,(H,15,17). The first-order chi connectivity index (χ1) is 8.72. The first kappa shape index (κ1) is 10.9. The first-order valence-electron chi connectivity index (χ1n) is 5.35. The number of nitrogens with one attached hydrogen (secondary N) is 2. The van der Waals surface area contributed by atoms with E-state index in [4.69, 9.17) is 16.0 Å². The molecule has 0 bridgehead atoms.